The molecule has 0 unspecified atom stereocenters. The van der Waals surface area contributed by atoms with E-state index in [1.807, 2.05) is 18.2 Å². The van der Waals surface area contributed by atoms with Crippen molar-refractivity contribution in [2.45, 2.75) is 19.0 Å². The van der Waals surface area contributed by atoms with Gasteiger partial charge >= 0.3 is 6.09 Å². The van der Waals surface area contributed by atoms with Gasteiger partial charge in [-0.15, -0.1) is 0 Å². The molecule has 1 aromatic carbocycles. The molecule has 1 aromatic rings. The Kier molecular flexibility index (Phi) is 3.41. The van der Waals surface area contributed by atoms with Gasteiger partial charge in [0, 0.05) is 25.7 Å². The van der Waals surface area contributed by atoms with Gasteiger partial charge in [0.05, 0.1) is 0 Å². The molecule has 0 aliphatic carbocycles. The van der Waals surface area contributed by atoms with Crippen molar-refractivity contribution in [2.24, 2.45) is 0 Å². The molecule has 1 amide bonds. The fourth-order valence-electron chi connectivity index (χ4n) is 2.11. The van der Waals surface area contributed by atoms with Gasteiger partial charge in [-0.2, -0.15) is 0 Å². The second kappa shape index (κ2) is 4.99. The van der Waals surface area contributed by atoms with E-state index in [2.05, 4.69) is 22.3 Å². The lowest BCUT2D eigenvalue weighted by molar-refractivity contribution is 0.189. The summed E-state index contributed by atoms with van der Waals surface area (Å²) in [6.07, 6.45) is -0.0226. The summed E-state index contributed by atoms with van der Waals surface area (Å²) in [6.45, 7) is 2.67. The number of hydrogen-bond acceptors (Lipinski definition) is 2. The molecule has 0 radical (unpaired) electrons. The molecule has 2 N–H and O–H groups in total. The largest absolute Gasteiger partial charge is 0.465 e. The molecule has 86 valence electrons. The standard InChI is InChI=1S/C12H16N2O2/c15-12(16)13-11-6-7-14(9-11)8-10-4-2-1-3-5-10/h1-5,11,13H,6-9H2,(H,15,16)/t11-/m1/s1. The number of amides is 1. The van der Waals surface area contributed by atoms with Gasteiger partial charge in [-0.25, -0.2) is 4.79 Å². The zero-order chi connectivity index (χ0) is 11.4. The van der Waals surface area contributed by atoms with Crippen LogP contribution in [0.15, 0.2) is 30.3 Å². The summed E-state index contributed by atoms with van der Waals surface area (Å²) in [4.78, 5) is 12.8. The van der Waals surface area contributed by atoms with Crippen molar-refractivity contribution in [1.82, 2.24) is 10.2 Å². The second-order valence-corrected chi connectivity index (χ2v) is 4.16. The Labute approximate surface area is 94.9 Å². The van der Waals surface area contributed by atoms with Gasteiger partial charge in [0.1, 0.15) is 0 Å². The van der Waals surface area contributed by atoms with Crippen LogP contribution in [0.3, 0.4) is 0 Å². The van der Waals surface area contributed by atoms with Crippen molar-refractivity contribution in [2.75, 3.05) is 13.1 Å². The number of nitrogens with zero attached hydrogens (tertiary/aromatic N) is 1. The lowest BCUT2D eigenvalue weighted by Crippen LogP contribution is -2.35. The average Bonchev–Trinajstić information content (AvgIpc) is 2.66. The maximum absolute atomic E-state index is 10.5. The Balaban J connectivity index is 1.83. The van der Waals surface area contributed by atoms with Crippen molar-refractivity contribution >= 4 is 6.09 Å². The summed E-state index contributed by atoms with van der Waals surface area (Å²) < 4.78 is 0. The van der Waals surface area contributed by atoms with E-state index in [0.29, 0.717) is 0 Å². The molecule has 4 nitrogen and oxygen atoms in total. The van der Waals surface area contributed by atoms with E-state index in [4.69, 9.17) is 5.11 Å². The number of hydrogen-bond donors (Lipinski definition) is 2. The topological polar surface area (TPSA) is 52.6 Å². The minimum atomic E-state index is -0.924. The molecule has 4 heteroatoms. The first-order chi connectivity index (χ1) is 7.74. The summed E-state index contributed by atoms with van der Waals surface area (Å²) in [6, 6.07) is 10.3. The predicted octanol–water partition coefficient (Wildman–Crippen LogP) is 1.53. The third-order valence-electron chi connectivity index (χ3n) is 2.85. The van der Waals surface area contributed by atoms with E-state index in [1.54, 1.807) is 0 Å². The van der Waals surface area contributed by atoms with E-state index in [9.17, 15) is 4.79 Å². The summed E-state index contributed by atoms with van der Waals surface area (Å²) in [7, 11) is 0. The van der Waals surface area contributed by atoms with E-state index >= 15 is 0 Å². The lowest BCUT2D eigenvalue weighted by atomic mass is 10.2. The van der Waals surface area contributed by atoms with Crippen LogP contribution in [0.2, 0.25) is 0 Å². The highest BCUT2D eigenvalue weighted by Crippen LogP contribution is 2.13. The van der Waals surface area contributed by atoms with Crippen LogP contribution in [-0.2, 0) is 6.54 Å². The zero-order valence-electron chi connectivity index (χ0n) is 9.10. The minimum absolute atomic E-state index is 0.0845. The van der Waals surface area contributed by atoms with Crippen LogP contribution >= 0.6 is 0 Å². The van der Waals surface area contributed by atoms with Crippen molar-refractivity contribution < 1.29 is 9.90 Å². The normalized spacial score (nSPS) is 20.9. The van der Waals surface area contributed by atoms with E-state index in [1.165, 1.54) is 5.56 Å². The van der Waals surface area contributed by atoms with Crippen LogP contribution in [0.1, 0.15) is 12.0 Å². The van der Waals surface area contributed by atoms with Crippen LogP contribution in [0, 0.1) is 0 Å². The molecule has 1 saturated heterocycles. The molecule has 1 heterocycles. The van der Waals surface area contributed by atoms with Gasteiger partial charge in [-0.3, -0.25) is 4.90 Å². The highest BCUT2D eigenvalue weighted by atomic mass is 16.4. The van der Waals surface area contributed by atoms with Gasteiger partial charge in [0.25, 0.3) is 0 Å². The highest BCUT2D eigenvalue weighted by Gasteiger charge is 2.23. The van der Waals surface area contributed by atoms with Crippen LogP contribution in [0.4, 0.5) is 4.79 Å². The zero-order valence-corrected chi connectivity index (χ0v) is 9.10. The third-order valence-corrected chi connectivity index (χ3v) is 2.85. The molecule has 16 heavy (non-hydrogen) atoms. The fraction of sp³-hybridized carbons (Fsp3) is 0.417. The Morgan fingerprint density at radius 1 is 1.44 bits per heavy atom. The van der Waals surface area contributed by atoms with Gasteiger partial charge < -0.3 is 10.4 Å². The van der Waals surface area contributed by atoms with Crippen LogP contribution in [-0.4, -0.2) is 35.2 Å². The Hall–Kier alpha value is -1.55. The fourth-order valence-corrected chi connectivity index (χ4v) is 2.11. The molecule has 0 spiro atoms. The van der Waals surface area contributed by atoms with Gasteiger partial charge in [-0.1, -0.05) is 30.3 Å². The number of rotatable bonds is 3. The minimum Gasteiger partial charge on any atom is -0.465 e. The first-order valence-corrected chi connectivity index (χ1v) is 5.50. The molecule has 1 aliphatic heterocycles. The number of carboxylic acid groups (broad SMARTS) is 1. The van der Waals surface area contributed by atoms with E-state index in [-0.39, 0.29) is 6.04 Å². The molecular formula is C12H16N2O2. The molecule has 0 bridgehead atoms. The molecule has 2 rings (SSSR count). The average molecular weight is 220 g/mol. The Morgan fingerprint density at radius 2 is 2.19 bits per heavy atom. The summed E-state index contributed by atoms with van der Waals surface area (Å²) >= 11 is 0. The smallest absolute Gasteiger partial charge is 0.404 e. The maximum Gasteiger partial charge on any atom is 0.404 e. The van der Waals surface area contributed by atoms with Crippen molar-refractivity contribution in [3.05, 3.63) is 35.9 Å². The Bertz CT molecular complexity index is 353. The third kappa shape index (κ3) is 2.97. The number of benzene rings is 1. The Morgan fingerprint density at radius 3 is 2.88 bits per heavy atom. The lowest BCUT2D eigenvalue weighted by Gasteiger charge is -2.15. The van der Waals surface area contributed by atoms with E-state index in [0.717, 1.165) is 26.1 Å². The van der Waals surface area contributed by atoms with Crippen LogP contribution < -0.4 is 5.32 Å². The number of nitrogens with one attached hydrogen (secondary N) is 1. The number of likely N-dealkylation sites (tertiary alicyclic amines) is 1. The molecule has 1 aliphatic rings. The molecule has 1 atom stereocenters. The maximum atomic E-state index is 10.5. The van der Waals surface area contributed by atoms with Gasteiger partial charge in [0.15, 0.2) is 0 Å². The van der Waals surface area contributed by atoms with Crippen molar-refractivity contribution in [3.8, 4) is 0 Å². The van der Waals surface area contributed by atoms with Crippen molar-refractivity contribution in [1.29, 1.82) is 0 Å². The van der Waals surface area contributed by atoms with Gasteiger partial charge in [0.2, 0.25) is 0 Å². The first-order valence-electron chi connectivity index (χ1n) is 5.50. The molecule has 1 fully saturated rings. The van der Waals surface area contributed by atoms with Gasteiger partial charge in [-0.05, 0) is 12.0 Å². The summed E-state index contributed by atoms with van der Waals surface area (Å²) in [5.74, 6) is 0. The number of carbonyl (C=O) groups is 1. The molecule has 0 aromatic heterocycles. The predicted molar refractivity (Wildman–Crippen MR) is 61.3 cm³/mol. The molecular weight excluding hydrogens is 204 g/mol. The summed E-state index contributed by atoms with van der Waals surface area (Å²) in [5.41, 5.74) is 1.28. The quantitative estimate of drug-likeness (QED) is 0.812. The van der Waals surface area contributed by atoms with Crippen LogP contribution in [0.5, 0.6) is 0 Å². The first kappa shape index (κ1) is 11.0. The van der Waals surface area contributed by atoms with Crippen LogP contribution in [0.25, 0.3) is 0 Å². The molecule has 0 saturated carbocycles. The highest BCUT2D eigenvalue weighted by molar-refractivity contribution is 5.64. The van der Waals surface area contributed by atoms with E-state index < -0.39 is 6.09 Å². The second-order valence-electron chi connectivity index (χ2n) is 4.16. The summed E-state index contributed by atoms with van der Waals surface area (Å²) in [5, 5.41) is 11.2. The SMILES string of the molecule is O=C(O)N[C@@H]1CCN(Cc2ccccc2)C1. The van der Waals surface area contributed by atoms with Crippen molar-refractivity contribution in [3.63, 3.8) is 0 Å². The monoisotopic (exact) mass is 220 g/mol.